The number of ketones is 1. The van der Waals surface area contributed by atoms with Crippen LogP contribution in [-0.2, 0) is 16.1 Å². The summed E-state index contributed by atoms with van der Waals surface area (Å²) in [4.78, 5) is 40.4. The number of likely N-dealkylation sites (N-methyl/N-ethyl adjacent to an activating group) is 1. The van der Waals surface area contributed by atoms with Crippen LogP contribution >= 0.6 is 11.3 Å². The van der Waals surface area contributed by atoms with Crippen molar-refractivity contribution in [2.75, 3.05) is 13.1 Å². The summed E-state index contributed by atoms with van der Waals surface area (Å²) in [6, 6.07) is 13.3. The van der Waals surface area contributed by atoms with Crippen LogP contribution in [0.5, 0.6) is 0 Å². The number of Topliss-reactive ketones (excluding diaryl/α,β-unsaturated/α-hetero) is 1. The summed E-state index contributed by atoms with van der Waals surface area (Å²) in [5.74, 6) is -1.66. The van der Waals surface area contributed by atoms with E-state index in [1.807, 2.05) is 47.8 Å². The van der Waals surface area contributed by atoms with Gasteiger partial charge in [0, 0.05) is 11.4 Å². The first kappa shape index (κ1) is 21.4. The van der Waals surface area contributed by atoms with E-state index < -0.39 is 11.7 Å². The molecule has 0 bridgehead atoms. The van der Waals surface area contributed by atoms with Crippen LogP contribution in [0, 0.1) is 13.8 Å². The minimum atomic E-state index is -0.706. The number of nitrogens with zero attached hydrogens (tertiary/aromatic N) is 3. The number of thiophene rings is 1. The van der Waals surface area contributed by atoms with Crippen LogP contribution in [-0.4, -0.2) is 45.4 Å². The van der Waals surface area contributed by atoms with E-state index in [0.717, 1.165) is 10.6 Å². The van der Waals surface area contributed by atoms with Crippen molar-refractivity contribution in [2.45, 2.75) is 27.3 Å². The molecule has 0 aliphatic rings. The third-order valence-electron chi connectivity index (χ3n) is 4.76. The van der Waals surface area contributed by atoms with E-state index in [1.54, 1.807) is 36.8 Å². The van der Waals surface area contributed by atoms with Crippen LogP contribution in [0.4, 0.5) is 0 Å². The minimum Gasteiger partial charge on any atom is -0.350 e. The SMILES string of the molecule is CCN(CC(=O)NCc1cccs1)C(=O)C(=O)c1c(C)nn(-c2ccccc2)c1C. The molecule has 0 atom stereocenters. The zero-order valence-electron chi connectivity index (χ0n) is 17.2. The smallest absolute Gasteiger partial charge is 0.295 e. The highest BCUT2D eigenvalue weighted by molar-refractivity contribution is 7.09. The van der Waals surface area contributed by atoms with Crippen molar-refractivity contribution in [1.82, 2.24) is 20.0 Å². The molecular formula is C22H24N4O3S. The normalized spacial score (nSPS) is 10.6. The molecule has 0 saturated heterocycles. The second kappa shape index (κ2) is 9.49. The van der Waals surface area contributed by atoms with Crippen molar-refractivity contribution in [2.24, 2.45) is 0 Å². The van der Waals surface area contributed by atoms with Gasteiger partial charge < -0.3 is 10.2 Å². The molecule has 0 unspecified atom stereocenters. The number of hydrogen-bond donors (Lipinski definition) is 1. The molecule has 2 aromatic heterocycles. The molecule has 7 nitrogen and oxygen atoms in total. The lowest BCUT2D eigenvalue weighted by Gasteiger charge is -2.19. The first-order valence-corrected chi connectivity index (χ1v) is 10.5. The van der Waals surface area contributed by atoms with E-state index in [9.17, 15) is 14.4 Å². The number of aromatic nitrogens is 2. The lowest BCUT2D eigenvalue weighted by atomic mass is 10.1. The van der Waals surface area contributed by atoms with Crippen LogP contribution in [0.2, 0.25) is 0 Å². The monoisotopic (exact) mass is 424 g/mol. The highest BCUT2D eigenvalue weighted by Crippen LogP contribution is 2.19. The van der Waals surface area contributed by atoms with Gasteiger partial charge in [0.1, 0.15) is 0 Å². The van der Waals surface area contributed by atoms with E-state index in [1.165, 1.54) is 4.90 Å². The fourth-order valence-corrected chi connectivity index (χ4v) is 3.84. The molecule has 0 spiro atoms. The van der Waals surface area contributed by atoms with Crippen molar-refractivity contribution in [3.63, 3.8) is 0 Å². The van der Waals surface area contributed by atoms with Crippen molar-refractivity contribution in [1.29, 1.82) is 0 Å². The fraction of sp³-hybridized carbons (Fsp3) is 0.273. The molecular weight excluding hydrogens is 400 g/mol. The van der Waals surface area contributed by atoms with Crippen molar-refractivity contribution >= 4 is 28.9 Å². The molecule has 2 heterocycles. The highest BCUT2D eigenvalue weighted by atomic mass is 32.1. The molecule has 1 aromatic carbocycles. The number of carbonyl (C=O) groups is 3. The van der Waals surface area contributed by atoms with Crippen LogP contribution in [0.1, 0.15) is 33.5 Å². The summed E-state index contributed by atoms with van der Waals surface area (Å²) in [6.45, 7) is 5.69. The molecule has 0 saturated carbocycles. The standard InChI is InChI=1S/C22H24N4O3S/c1-4-25(14-19(27)23-13-18-11-8-12-30-18)22(29)21(28)20-15(2)24-26(16(20)3)17-9-6-5-7-10-17/h5-12H,4,13-14H2,1-3H3,(H,23,27). The number of benzene rings is 1. The topological polar surface area (TPSA) is 84.3 Å². The summed E-state index contributed by atoms with van der Waals surface area (Å²) < 4.78 is 1.65. The first-order valence-electron chi connectivity index (χ1n) is 9.66. The van der Waals surface area contributed by atoms with E-state index in [0.29, 0.717) is 17.9 Å². The Morgan fingerprint density at radius 2 is 1.83 bits per heavy atom. The lowest BCUT2D eigenvalue weighted by molar-refractivity contribution is -0.132. The van der Waals surface area contributed by atoms with Crippen molar-refractivity contribution in [3.05, 3.63) is 69.7 Å². The van der Waals surface area contributed by atoms with E-state index in [4.69, 9.17) is 0 Å². The highest BCUT2D eigenvalue weighted by Gasteiger charge is 2.29. The van der Waals surface area contributed by atoms with Crippen LogP contribution in [0.15, 0.2) is 47.8 Å². The van der Waals surface area contributed by atoms with Gasteiger partial charge in [-0.3, -0.25) is 14.4 Å². The average molecular weight is 425 g/mol. The van der Waals surface area contributed by atoms with Gasteiger partial charge in [-0.15, -0.1) is 11.3 Å². The quantitative estimate of drug-likeness (QED) is 0.445. The summed E-state index contributed by atoms with van der Waals surface area (Å²) in [5, 5.41) is 9.15. The van der Waals surface area contributed by atoms with Gasteiger partial charge in [0.15, 0.2) is 0 Å². The average Bonchev–Trinajstić information content (AvgIpc) is 3.37. The Balaban J connectivity index is 1.73. The Morgan fingerprint density at radius 3 is 2.47 bits per heavy atom. The van der Waals surface area contributed by atoms with Crippen LogP contribution < -0.4 is 5.32 Å². The van der Waals surface area contributed by atoms with E-state index in [2.05, 4.69) is 10.4 Å². The number of para-hydroxylation sites is 1. The van der Waals surface area contributed by atoms with Gasteiger partial charge in [0.05, 0.1) is 35.7 Å². The van der Waals surface area contributed by atoms with Gasteiger partial charge in [-0.05, 0) is 44.4 Å². The number of rotatable bonds is 8. The number of hydrogen-bond acceptors (Lipinski definition) is 5. The molecule has 1 N–H and O–H groups in total. The zero-order valence-corrected chi connectivity index (χ0v) is 18.0. The molecule has 0 aliphatic heterocycles. The first-order chi connectivity index (χ1) is 14.4. The third kappa shape index (κ3) is 4.65. The fourth-order valence-electron chi connectivity index (χ4n) is 3.20. The van der Waals surface area contributed by atoms with Gasteiger partial charge >= 0.3 is 0 Å². The number of nitrogens with one attached hydrogen (secondary N) is 1. The molecule has 3 rings (SSSR count). The summed E-state index contributed by atoms with van der Waals surface area (Å²) in [6.07, 6.45) is 0. The largest absolute Gasteiger partial charge is 0.350 e. The predicted molar refractivity (Wildman–Crippen MR) is 116 cm³/mol. The third-order valence-corrected chi connectivity index (χ3v) is 5.63. The zero-order chi connectivity index (χ0) is 21.7. The van der Waals surface area contributed by atoms with Crippen LogP contribution in [0.3, 0.4) is 0 Å². The molecule has 0 aliphatic carbocycles. The Labute approximate surface area is 179 Å². The van der Waals surface area contributed by atoms with Gasteiger partial charge in [-0.25, -0.2) is 4.68 Å². The predicted octanol–water partition coefficient (Wildman–Crippen LogP) is 2.90. The Morgan fingerprint density at radius 1 is 1.10 bits per heavy atom. The van der Waals surface area contributed by atoms with E-state index in [-0.39, 0.29) is 24.6 Å². The maximum absolute atomic E-state index is 13.0. The number of carbonyl (C=O) groups excluding carboxylic acids is 3. The van der Waals surface area contributed by atoms with Gasteiger partial charge in [-0.2, -0.15) is 5.10 Å². The number of amides is 2. The molecule has 8 heteroatoms. The van der Waals surface area contributed by atoms with E-state index >= 15 is 0 Å². The molecule has 30 heavy (non-hydrogen) atoms. The van der Waals surface area contributed by atoms with Gasteiger partial charge in [0.25, 0.3) is 11.7 Å². The summed E-state index contributed by atoms with van der Waals surface area (Å²) in [5.41, 5.74) is 2.16. The van der Waals surface area contributed by atoms with Gasteiger partial charge in [0.2, 0.25) is 5.91 Å². The molecule has 156 valence electrons. The van der Waals surface area contributed by atoms with Crippen LogP contribution in [0.25, 0.3) is 5.69 Å². The maximum Gasteiger partial charge on any atom is 0.295 e. The molecule has 2 amide bonds. The van der Waals surface area contributed by atoms with Gasteiger partial charge in [-0.1, -0.05) is 24.3 Å². The minimum absolute atomic E-state index is 0.169. The number of aryl methyl sites for hydroxylation is 1. The second-order valence-electron chi connectivity index (χ2n) is 6.80. The maximum atomic E-state index is 13.0. The van der Waals surface area contributed by atoms with Crippen molar-refractivity contribution in [3.8, 4) is 5.69 Å². The Bertz CT molecular complexity index is 1040. The molecule has 0 radical (unpaired) electrons. The molecule has 0 fully saturated rings. The molecule has 3 aromatic rings. The second-order valence-corrected chi connectivity index (χ2v) is 7.83. The van der Waals surface area contributed by atoms with Crippen molar-refractivity contribution < 1.29 is 14.4 Å². The lowest BCUT2D eigenvalue weighted by Crippen LogP contribution is -2.43. The summed E-state index contributed by atoms with van der Waals surface area (Å²) in [7, 11) is 0. The summed E-state index contributed by atoms with van der Waals surface area (Å²) >= 11 is 1.54. The Kier molecular flexibility index (Phi) is 6.79. The Hall–Kier alpha value is -3.26.